The van der Waals surface area contributed by atoms with E-state index in [4.69, 9.17) is 5.73 Å². The smallest absolute Gasteiger partial charge is 0.138 e. The second kappa shape index (κ2) is 9.55. The van der Waals surface area contributed by atoms with Gasteiger partial charge in [-0.2, -0.15) is 0 Å². The number of unbranched alkanes of at least 4 members (excludes halogenated alkanes) is 1. The van der Waals surface area contributed by atoms with Crippen LogP contribution >= 0.6 is 0 Å². The minimum Gasteiger partial charge on any atom is -0.320 e. The van der Waals surface area contributed by atoms with Gasteiger partial charge in [-0.15, -0.1) is 0 Å². The normalized spacial score (nSPS) is 12.1. The Kier molecular flexibility index (Phi) is 8.04. The van der Waals surface area contributed by atoms with Crippen LogP contribution in [0.4, 0.5) is 4.39 Å². The van der Waals surface area contributed by atoms with Gasteiger partial charge in [-0.1, -0.05) is 38.2 Å². The lowest BCUT2D eigenvalue weighted by Crippen LogP contribution is -2.33. The fraction of sp³-hybridized carbons (Fsp3) is 0.556. The van der Waals surface area contributed by atoms with Crippen LogP contribution in [0, 0.1) is 17.7 Å². The van der Waals surface area contributed by atoms with Crippen molar-refractivity contribution in [3.63, 3.8) is 0 Å². The van der Waals surface area contributed by atoms with Crippen LogP contribution in [0.25, 0.3) is 0 Å². The van der Waals surface area contributed by atoms with Gasteiger partial charge in [0.25, 0.3) is 0 Å². The zero-order valence-electron chi connectivity index (χ0n) is 13.5. The maximum absolute atomic E-state index is 13.7. The van der Waals surface area contributed by atoms with Crippen LogP contribution in [0.1, 0.15) is 51.2 Å². The van der Waals surface area contributed by atoms with Crippen molar-refractivity contribution in [3.05, 3.63) is 35.1 Å². The van der Waals surface area contributed by atoms with Crippen molar-refractivity contribution in [2.24, 2.45) is 5.73 Å². The molecule has 0 spiro atoms. The van der Waals surface area contributed by atoms with Gasteiger partial charge >= 0.3 is 0 Å². The molecule has 0 aliphatic heterocycles. The van der Waals surface area contributed by atoms with Gasteiger partial charge in [0.15, 0.2) is 0 Å². The highest BCUT2D eigenvalue weighted by atomic mass is 19.1. The van der Waals surface area contributed by atoms with Crippen LogP contribution in [0.5, 0.6) is 0 Å². The molecule has 0 radical (unpaired) electrons. The van der Waals surface area contributed by atoms with E-state index in [1.807, 2.05) is 12.1 Å². The third-order valence-electron chi connectivity index (χ3n) is 3.75. The molecule has 116 valence electrons. The van der Waals surface area contributed by atoms with Gasteiger partial charge in [0.2, 0.25) is 0 Å². The molecule has 0 saturated heterocycles. The molecule has 1 atom stereocenters. The summed E-state index contributed by atoms with van der Waals surface area (Å²) in [6.45, 7) is 8.81. The van der Waals surface area contributed by atoms with Crippen molar-refractivity contribution >= 4 is 0 Å². The van der Waals surface area contributed by atoms with Gasteiger partial charge in [-0.3, -0.25) is 4.90 Å². The lowest BCUT2D eigenvalue weighted by molar-refractivity contribution is 0.192. The van der Waals surface area contributed by atoms with Gasteiger partial charge in [-0.05, 0) is 44.0 Å². The molecule has 1 aromatic carbocycles. The highest BCUT2D eigenvalue weighted by Gasteiger charge is 2.13. The maximum Gasteiger partial charge on any atom is 0.138 e. The van der Waals surface area contributed by atoms with E-state index in [9.17, 15) is 4.39 Å². The molecule has 0 amide bonds. The van der Waals surface area contributed by atoms with E-state index >= 15 is 0 Å². The monoisotopic (exact) mass is 290 g/mol. The Balaban J connectivity index is 2.87. The quantitative estimate of drug-likeness (QED) is 0.778. The first kappa shape index (κ1) is 17.7. The van der Waals surface area contributed by atoms with Gasteiger partial charge in [0, 0.05) is 12.6 Å². The number of rotatable bonds is 7. The average Bonchev–Trinajstić information content (AvgIpc) is 2.50. The highest BCUT2D eigenvalue weighted by Crippen LogP contribution is 2.15. The fourth-order valence-corrected chi connectivity index (χ4v) is 2.22. The molecule has 0 aromatic heterocycles. The number of hydrogen-bond acceptors (Lipinski definition) is 2. The van der Waals surface area contributed by atoms with Crippen LogP contribution in [-0.2, 0) is 6.54 Å². The third kappa shape index (κ3) is 5.87. The van der Waals surface area contributed by atoms with Gasteiger partial charge in [-0.25, -0.2) is 4.39 Å². The van der Waals surface area contributed by atoms with E-state index in [-0.39, 0.29) is 12.4 Å². The first-order valence-corrected chi connectivity index (χ1v) is 7.83. The Hall–Kier alpha value is -1.37. The molecular weight excluding hydrogens is 263 g/mol. The maximum atomic E-state index is 13.7. The van der Waals surface area contributed by atoms with Crippen LogP contribution in [0.3, 0.4) is 0 Å². The van der Waals surface area contributed by atoms with E-state index in [1.165, 1.54) is 18.9 Å². The SMILES string of the molecule is CCCCN(Cc1ccc(F)c(C#CCN)c1)C(C)CC. The molecule has 0 aliphatic carbocycles. The summed E-state index contributed by atoms with van der Waals surface area (Å²) in [6, 6.07) is 5.73. The number of hydrogen-bond donors (Lipinski definition) is 1. The number of nitrogens with zero attached hydrogens (tertiary/aromatic N) is 1. The minimum atomic E-state index is -0.275. The summed E-state index contributed by atoms with van der Waals surface area (Å²) in [4.78, 5) is 2.46. The number of halogens is 1. The van der Waals surface area contributed by atoms with Crippen molar-refractivity contribution in [3.8, 4) is 11.8 Å². The van der Waals surface area contributed by atoms with Crippen molar-refractivity contribution in [2.75, 3.05) is 13.1 Å². The van der Waals surface area contributed by atoms with E-state index < -0.39 is 0 Å². The van der Waals surface area contributed by atoms with Gasteiger partial charge in [0.1, 0.15) is 5.82 Å². The van der Waals surface area contributed by atoms with Crippen LogP contribution in [-0.4, -0.2) is 24.0 Å². The van der Waals surface area contributed by atoms with Gasteiger partial charge < -0.3 is 5.73 Å². The van der Waals surface area contributed by atoms with E-state index in [1.54, 1.807) is 0 Å². The first-order valence-electron chi connectivity index (χ1n) is 7.83. The molecule has 2 N–H and O–H groups in total. The summed E-state index contributed by atoms with van der Waals surface area (Å²) >= 11 is 0. The lowest BCUT2D eigenvalue weighted by Gasteiger charge is -2.28. The summed E-state index contributed by atoms with van der Waals surface area (Å²) in [5, 5.41) is 0. The van der Waals surface area contributed by atoms with Crippen LogP contribution < -0.4 is 5.73 Å². The fourth-order valence-electron chi connectivity index (χ4n) is 2.22. The standard InChI is InChI=1S/C18H27FN2/c1-4-6-12-21(15(3)5-2)14-16-9-10-18(19)17(13-16)8-7-11-20/h9-10,13,15H,4-6,11-12,14,20H2,1-3H3. The van der Waals surface area contributed by atoms with E-state index in [2.05, 4.69) is 37.5 Å². The Morgan fingerprint density at radius 2 is 2.10 bits per heavy atom. The minimum absolute atomic E-state index is 0.249. The molecule has 1 aromatic rings. The molecule has 0 saturated carbocycles. The molecule has 0 bridgehead atoms. The molecular formula is C18H27FN2. The summed E-state index contributed by atoms with van der Waals surface area (Å²) in [7, 11) is 0. The van der Waals surface area contributed by atoms with Crippen LogP contribution in [0.2, 0.25) is 0 Å². The summed E-state index contributed by atoms with van der Waals surface area (Å²) in [5.74, 6) is 5.25. The molecule has 1 unspecified atom stereocenters. The molecule has 0 fully saturated rings. The summed E-state index contributed by atoms with van der Waals surface area (Å²) < 4.78 is 13.7. The molecule has 21 heavy (non-hydrogen) atoms. The molecule has 2 nitrogen and oxygen atoms in total. The number of nitrogens with two attached hydrogens (primary N) is 1. The Bertz CT molecular complexity index is 488. The average molecular weight is 290 g/mol. The molecule has 1 rings (SSSR count). The Morgan fingerprint density at radius 3 is 2.71 bits per heavy atom. The van der Waals surface area contributed by atoms with E-state index in [0.717, 1.165) is 25.1 Å². The summed E-state index contributed by atoms with van der Waals surface area (Å²) in [5.41, 5.74) is 6.90. The predicted molar refractivity (Wildman–Crippen MR) is 87.4 cm³/mol. The Morgan fingerprint density at radius 1 is 1.33 bits per heavy atom. The van der Waals surface area contributed by atoms with Crippen molar-refractivity contribution < 1.29 is 4.39 Å². The zero-order chi connectivity index (χ0) is 15.7. The highest BCUT2D eigenvalue weighted by molar-refractivity contribution is 5.38. The van der Waals surface area contributed by atoms with Crippen molar-refractivity contribution in [1.82, 2.24) is 4.90 Å². The van der Waals surface area contributed by atoms with Crippen molar-refractivity contribution in [1.29, 1.82) is 0 Å². The van der Waals surface area contributed by atoms with Gasteiger partial charge in [0.05, 0.1) is 12.1 Å². The molecule has 0 heterocycles. The second-order valence-corrected chi connectivity index (χ2v) is 5.40. The largest absolute Gasteiger partial charge is 0.320 e. The summed E-state index contributed by atoms with van der Waals surface area (Å²) in [6.07, 6.45) is 3.49. The lowest BCUT2D eigenvalue weighted by atomic mass is 10.1. The number of benzene rings is 1. The topological polar surface area (TPSA) is 29.3 Å². The zero-order valence-corrected chi connectivity index (χ0v) is 13.5. The molecule has 0 aliphatic rings. The van der Waals surface area contributed by atoms with E-state index in [0.29, 0.717) is 11.6 Å². The third-order valence-corrected chi connectivity index (χ3v) is 3.75. The second-order valence-electron chi connectivity index (χ2n) is 5.40. The van der Waals surface area contributed by atoms with Crippen molar-refractivity contribution in [2.45, 2.75) is 52.6 Å². The Labute approximate surface area is 128 Å². The first-order chi connectivity index (χ1) is 10.1. The molecule has 3 heteroatoms. The van der Waals surface area contributed by atoms with Crippen LogP contribution in [0.15, 0.2) is 18.2 Å². The predicted octanol–water partition coefficient (Wildman–Crippen LogP) is 3.54.